The molecule has 0 amide bonds. The predicted molar refractivity (Wildman–Crippen MR) is 77.3 cm³/mol. The summed E-state index contributed by atoms with van der Waals surface area (Å²) in [5.74, 6) is -1.92. The second-order valence-corrected chi connectivity index (χ2v) is 5.10. The van der Waals surface area contributed by atoms with Gasteiger partial charge < -0.3 is 9.26 Å². The molecule has 1 atom stereocenters. The molecule has 126 valence electrons. The van der Waals surface area contributed by atoms with E-state index in [1.807, 2.05) is 0 Å². The van der Waals surface area contributed by atoms with Crippen molar-refractivity contribution in [1.82, 2.24) is 14.7 Å². The lowest BCUT2D eigenvalue weighted by molar-refractivity contribution is -0.159. The molecular formula is C15H12F3N3O3. The maximum atomic E-state index is 12.6. The zero-order valence-corrected chi connectivity index (χ0v) is 12.7. The molecule has 6 nitrogen and oxygen atoms in total. The highest BCUT2D eigenvalue weighted by Crippen LogP contribution is 2.30. The Morgan fingerprint density at radius 3 is 2.71 bits per heavy atom. The lowest BCUT2D eigenvalue weighted by Gasteiger charge is -2.10. The molecule has 0 radical (unpaired) electrons. The van der Waals surface area contributed by atoms with Crippen LogP contribution in [-0.4, -0.2) is 33.8 Å². The third-order valence-electron chi connectivity index (χ3n) is 3.56. The van der Waals surface area contributed by atoms with Crippen molar-refractivity contribution in [2.45, 2.75) is 19.2 Å². The first-order valence-electron chi connectivity index (χ1n) is 6.90. The number of ether oxygens (including phenoxy) is 1. The molecule has 0 aliphatic carbocycles. The molecule has 0 aliphatic heterocycles. The largest absolute Gasteiger partial charge is 0.471 e. The van der Waals surface area contributed by atoms with Crippen molar-refractivity contribution in [2.24, 2.45) is 0 Å². The maximum Gasteiger partial charge on any atom is 0.471 e. The van der Waals surface area contributed by atoms with Crippen molar-refractivity contribution in [3.8, 4) is 11.4 Å². The molecule has 24 heavy (non-hydrogen) atoms. The number of fused-ring (bicyclic) bond motifs is 1. The number of hydrogen-bond acceptors (Lipinski definition) is 5. The van der Waals surface area contributed by atoms with Crippen LogP contribution in [0.1, 0.15) is 17.6 Å². The monoisotopic (exact) mass is 339 g/mol. The summed E-state index contributed by atoms with van der Waals surface area (Å²) < 4.78 is 48.3. The van der Waals surface area contributed by atoms with Crippen molar-refractivity contribution in [3.63, 3.8) is 0 Å². The number of carbonyl (C=O) groups excluding carboxylic acids is 1. The van der Waals surface area contributed by atoms with Gasteiger partial charge in [0.25, 0.3) is 5.91 Å². The average molecular weight is 339 g/mol. The van der Waals surface area contributed by atoms with Gasteiger partial charge in [-0.3, -0.25) is 9.36 Å². The Balaban J connectivity index is 2.05. The van der Waals surface area contributed by atoms with Gasteiger partial charge in [0.05, 0.1) is 5.52 Å². The van der Waals surface area contributed by atoms with Crippen LogP contribution >= 0.6 is 0 Å². The van der Waals surface area contributed by atoms with Crippen LogP contribution in [0.25, 0.3) is 22.3 Å². The van der Waals surface area contributed by atoms with E-state index in [0.29, 0.717) is 11.1 Å². The van der Waals surface area contributed by atoms with Gasteiger partial charge >= 0.3 is 12.1 Å². The van der Waals surface area contributed by atoms with Gasteiger partial charge in [-0.15, -0.1) is 0 Å². The second-order valence-electron chi connectivity index (χ2n) is 5.10. The second kappa shape index (κ2) is 5.75. The van der Waals surface area contributed by atoms with Crippen molar-refractivity contribution in [2.75, 3.05) is 7.11 Å². The van der Waals surface area contributed by atoms with E-state index in [1.54, 1.807) is 31.3 Å². The number of nitrogens with zero attached hydrogens (tertiary/aromatic N) is 3. The number of benzene rings is 1. The van der Waals surface area contributed by atoms with Crippen molar-refractivity contribution < 1.29 is 27.2 Å². The van der Waals surface area contributed by atoms with Crippen molar-refractivity contribution in [1.29, 1.82) is 0 Å². The van der Waals surface area contributed by atoms with Gasteiger partial charge in [0, 0.05) is 24.3 Å². The van der Waals surface area contributed by atoms with E-state index < -0.39 is 18.2 Å². The van der Waals surface area contributed by atoms with Gasteiger partial charge in [0.1, 0.15) is 6.10 Å². The molecule has 0 aliphatic rings. The normalized spacial score (nSPS) is 13.4. The molecule has 2 aromatic heterocycles. The van der Waals surface area contributed by atoms with E-state index in [-0.39, 0.29) is 11.7 Å². The predicted octanol–water partition coefficient (Wildman–Crippen LogP) is 3.39. The molecule has 3 aromatic rings. The fourth-order valence-corrected chi connectivity index (χ4v) is 2.21. The number of hydrogen-bond donors (Lipinski definition) is 0. The summed E-state index contributed by atoms with van der Waals surface area (Å²) in [7, 11) is 1.41. The van der Waals surface area contributed by atoms with Crippen LogP contribution in [0.2, 0.25) is 0 Å². The average Bonchev–Trinajstić information content (AvgIpc) is 3.19. The zero-order chi connectivity index (χ0) is 17.5. The Bertz CT molecular complexity index is 898. The molecule has 0 bridgehead atoms. The minimum Gasteiger partial charge on any atom is -0.372 e. The molecule has 0 fully saturated rings. The first kappa shape index (κ1) is 16.2. The smallest absolute Gasteiger partial charge is 0.372 e. The molecule has 9 heteroatoms. The van der Waals surface area contributed by atoms with Gasteiger partial charge in [0.2, 0.25) is 5.82 Å². The molecule has 2 heterocycles. The highest BCUT2D eigenvalue weighted by Gasteiger charge is 2.38. The van der Waals surface area contributed by atoms with Crippen LogP contribution in [0.15, 0.2) is 35.0 Å². The third-order valence-corrected chi connectivity index (χ3v) is 3.56. The molecule has 1 unspecified atom stereocenters. The van der Waals surface area contributed by atoms with E-state index >= 15 is 0 Å². The number of methoxy groups -OCH3 is 1. The van der Waals surface area contributed by atoms with E-state index in [0.717, 1.165) is 5.39 Å². The van der Waals surface area contributed by atoms with Crippen LogP contribution in [0.3, 0.4) is 0 Å². The van der Waals surface area contributed by atoms with Gasteiger partial charge in [-0.25, -0.2) is 0 Å². The lowest BCUT2D eigenvalue weighted by atomic mass is 10.1. The lowest BCUT2D eigenvalue weighted by Crippen LogP contribution is -2.24. The zero-order valence-electron chi connectivity index (χ0n) is 12.7. The number of alkyl halides is 3. The van der Waals surface area contributed by atoms with Crippen LogP contribution in [0.5, 0.6) is 0 Å². The molecule has 1 aromatic carbocycles. The Morgan fingerprint density at radius 2 is 2.08 bits per heavy atom. The molecule has 0 N–H and O–H groups in total. The Kier molecular flexibility index (Phi) is 3.88. The van der Waals surface area contributed by atoms with E-state index in [2.05, 4.69) is 14.7 Å². The Morgan fingerprint density at radius 1 is 1.33 bits per heavy atom. The molecule has 0 spiro atoms. The first-order valence-corrected chi connectivity index (χ1v) is 6.90. The Hall–Kier alpha value is -2.68. The summed E-state index contributed by atoms with van der Waals surface area (Å²) in [6.07, 6.45) is -3.80. The molecule has 0 saturated heterocycles. The van der Waals surface area contributed by atoms with Crippen molar-refractivity contribution in [3.05, 3.63) is 36.4 Å². The number of aromatic nitrogens is 3. The van der Waals surface area contributed by atoms with Crippen LogP contribution in [-0.2, 0) is 10.9 Å². The topological polar surface area (TPSA) is 70.2 Å². The van der Waals surface area contributed by atoms with Gasteiger partial charge in [-0.1, -0.05) is 17.3 Å². The fraction of sp³-hybridized carbons (Fsp3) is 0.267. The number of carbonyl (C=O) groups is 1. The van der Waals surface area contributed by atoms with Crippen molar-refractivity contribution >= 4 is 16.8 Å². The van der Waals surface area contributed by atoms with E-state index in [4.69, 9.17) is 4.74 Å². The number of halogens is 3. The molecule has 3 rings (SSSR count). The van der Waals surface area contributed by atoms with Crippen LogP contribution < -0.4 is 0 Å². The van der Waals surface area contributed by atoms with E-state index in [9.17, 15) is 18.0 Å². The standard InChI is InChI=1S/C15H12F3N3O3/c1-8(23-2)13(22)21-6-5-9-3-4-10(7-11(9)21)12-19-14(24-20-12)15(16,17)18/h3-8H,1-2H3. The summed E-state index contributed by atoms with van der Waals surface area (Å²) in [5, 5.41) is 4.09. The maximum absolute atomic E-state index is 12.6. The molecular weight excluding hydrogens is 327 g/mol. The summed E-state index contributed by atoms with van der Waals surface area (Å²) in [6, 6.07) is 6.47. The minimum atomic E-state index is -4.71. The van der Waals surface area contributed by atoms with Gasteiger partial charge in [-0.2, -0.15) is 18.2 Å². The SMILES string of the molecule is COC(C)C(=O)n1ccc2ccc(-c3noc(C(F)(F)F)n3)cc21. The third kappa shape index (κ3) is 2.78. The molecule has 0 saturated carbocycles. The minimum absolute atomic E-state index is 0.204. The van der Waals surface area contributed by atoms with Crippen LogP contribution in [0.4, 0.5) is 13.2 Å². The van der Waals surface area contributed by atoms with Crippen LogP contribution in [0, 0.1) is 0 Å². The summed E-state index contributed by atoms with van der Waals surface area (Å²) in [5.41, 5.74) is 0.819. The quantitative estimate of drug-likeness (QED) is 0.731. The first-order chi connectivity index (χ1) is 11.3. The Labute approximate surface area is 133 Å². The van der Waals surface area contributed by atoms with E-state index in [1.165, 1.54) is 17.7 Å². The highest BCUT2D eigenvalue weighted by molar-refractivity contribution is 5.95. The number of rotatable bonds is 3. The highest BCUT2D eigenvalue weighted by atomic mass is 19.4. The van der Waals surface area contributed by atoms with Gasteiger partial charge in [0.15, 0.2) is 0 Å². The summed E-state index contributed by atoms with van der Waals surface area (Å²) >= 11 is 0. The summed E-state index contributed by atoms with van der Waals surface area (Å²) in [4.78, 5) is 15.6. The van der Waals surface area contributed by atoms with Gasteiger partial charge in [-0.05, 0) is 19.1 Å². The fourth-order valence-electron chi connectivity index (χ4n) is 2.21. The summed E-state index contributed by atoms with van der Waals surface area (Å²) in [6.45, 7) is 1.60.